The number of fused-ring (bicyclic) bond motifs is 8. The number of nitrogens with two attached hydrogens (primary N) is 1. The fourth-order valence-corrected chi connectivity index (χ4v) is 10.8. The molecule has 406 valence electrons. The van der Waals surface area contributed by atoms with Crippen molar-refractivity contribution in [3.63, 3.8) is 0 Å². The van der Waals surface area contributed by atoms with Gasteiger partial charge in [-0.1, -0.05) is 48.5 Å². The number of nitrogens with zero attached hydrogens (tertiary/aromatic N) is 4. The lowest BCUT2D eigenvalue weighted by atomic mass is 9.88. The highest BCUT2D eigenvalue weighted by atomic mass is 16.6. The van der Waals surface area contributed by atoms with Crippen LogP contribution in [0, 0.1) is 0 Å². The van der Waals surface area contributed by atoms with Crippen LogP contribution in [0.25, 0.3) is 0 Å². The summed E-state index contributed by atoms with van der Waals surface area (Å²) in [7, 11) is 3.09. The molecule has 5 aliphatic rings. The average molecular weight is 1060 g/mol. The van der Waals surface area contributed by atoms with Gasteiger partial charge in [0.2, 0.25) is 5.91 Å². The van der Waals surface area contributed by atoms with Crippen molar-refractivity contribution in [2.45, 2.75) is 69.7 Å². The Hall–Kier alpha value is -8.10. The summed E-state index contributed by atoms with van der Waals surface area (Å²) in [6.07, 6.45) is 7.59. The maximum Gasteiger partial charge on any atom is 0.261 e. The van der Waals surface area contributed by atoms with Gasteiger partial charge in [-0.05, 0) is 89.8 Å². The van der Waals surface area contributed by atoms with Crippen molar-refractivity contribution >= 4 is 58.5 Å². The van der Waals surface area contributed by atoms with E-state index in [0.717, 1.165) is 50.5 Å². The topological polar surface area (TPSA) is 222 Å². The number of amides is 5. The number of carbonyl (C=O) groups is 5. The molecular formula is C59H63N7O12. The smallest absolute Gasteiger partial charge is 0.261 e. The monoisotopic (exact) mass is 1060 g/mol. The molecule has 5 aliphatic heterocycles. The van der Waals surface area contributed by atoms with Crippen LogP contribution in [-0.4, -0.2) is 120 Å². The number of ether oxygens (including phenoxy) is 6. The van der Waals surface area contributed by atoms with E-state index in [2.05, 4.69) is 33.7 Å². The molecule has 5 aromatic carbocycles. The molecule has 5 aromatic rings. The van der Waals surface area contributed by atoms with Gasteiger partial charge in [0.15, 0.2) is 23.0 Å². The lowest BCUT2D eigenvalue weighted by Gasteiger charge is -2.23. The first kappa shape index (κ1) is 53.3. The lowest BCUT2D eigenvalue weighted by Crippen LogP contribution is -2.39. The molecule has 0 aliphatic carbocycles. The molecule has 0 saturated carbocycles. The van der Waals surface area contributed by atoms with Gasteiger partial charge in [0, 0.05) is 81.0 Å². The molecule has 3 atom stereocenters. The summed E-state index contributed by atoms with van der Waals surface area (Å²) in [6, 6.07) is 28.8. The second-order valence-corrected chi connectivity index (χ2v) is 19.6. The first-order valence-corrected chi connectivity index (χ1v) is 26.3. The van der Waals surface area contributed by atoms with E-state index in [0.29, 0.717) is 104 Å². The number of nitrogens with one attached hydrogen (secondary N) is 2. The number of para-hydroxylation sites is 2. The predicted octanol–water partition coefficient (Wildman–Crippen LogP) is 6.75. The van der Waals surface area contributed by atoms with Crippen LogP contribution in [0.5, 0.6) is 23.0 Å². The van der Waals surface area contributed by atoms with Crippen LogP contribution in [0.15, 0.2) is 108 Å². The zero-order valence-corrected chi connectivity index (χ0v) is 43.7. The van der Waals surface area contributed by atoms with Gasteiger partial charge in [0.1, 0.15) is 13.2 Å². The Morgan fingerprint density at radius 3 is 2.05 bits per heavy atom. The quantitative estimate of drug-likeness (QED) is 0.0313. The fraction of sp³-hybridized carbons (Fsp3) is 0.356. The zero-order valence-electron chi connectivity index (χ0n) is 43.7. The molecule has 78 heavy (non-hydrogen) atoms. The Bertz CT molecular complexity index is 3130. The van der Waals surface area contributed by atoms with E-state index in [1.165, 1.54) is 19.3 Å². The number of aliphatic imine (C=N–C) groups is 1. The van der Waals surface area contributed by atoms with Crippen LogP contribution in [0.4, 0.5) is 22.7 Å². The molecule has 0 bridgehead atoms. The third-order valence-electron chi connectivity index (χ3n) is 14.7. The lowest BCUT2D eigenvalue weighted by molar-refractivity contribution is -0.137. The van der Waals surface area contributed by atoms with E-state index in [4.69, 9.17) is 39.3 Å². The Labute approximate surface area is 452 Å². The van der Waals surface area contributed by atoms with Crippen molar-refractivity contribution in [1.82, 2.24) is 10.2 Å². The van der Waals surface area contributed by atoms with Gasteiger partial charge in [-0.2, -0.15) is 0 Å². The summed E-state index contributed by atoms with van der Waals surface area (Å²) in [5, 5.41) is 6.36. The summed E-state index contributed by atoms with van der Waals surface area (Å²) < 4.78 is 36.6. The minimum atomic E-state index is -0.402. The summed E-state index contributed by atoms with van der Waals surface area (Å²) in [5.74, 6) is 5.37. The SMILES string of the molecule is COc1cc2c(cc1OCc1cc(COc3cc4c(cc3OC)C(=O)N3c5ccccc5C[C@H]3CN4)cc(C(CCCC(=O)NCCN3C(=O)C=CC3=O)CCOCCOCCON)c1)N=C[C@@H]1Cc3ccccc3N1C2=O. The van der Waals surface area contributed by atoms with Gasteiger partial charge in [-0.3, -0.25) is 38.8 Å². The van der Waals surface area contributed by atoms with Crippen molar-refractivity contribution in [3.8, 4) is 23.0 Å². The van der Waals surface area contributed by atoms with Gasteiger partial charge < -0.3 is 48.8 Å². The highest BCUT2D eigenvalue weighted by Crippen LogP contribution is 2.43. The minimum Gasteiger partial charge on any atom is -0.493 e. The van der Waals surface area contributed by atoms with Gasteiger partial charge in [-0.25, -0.2) is 5.90 Å². The van der Waals surface area contributed by atoms with E-state index < -0.39 is 11.8 Å². The number of hydrogen-bond acceptors (Lipinski definition) is 15. The number of hydrogen-bond donors (Lipinski definition) is 3. The number of rotatable bonds is 25. The summed E-state index contributed by atoms with van der Waals surface area (Å²) in [4.78, 5) is 79.8. The molecule has 4 N–H and O–H groups in total. The van der Waals surface area contributed by atoms with Crippen LogP contribution in [0.2, 0.25) is 0 Å². The van der Waals surface area contributed by atoms with Crippen molar-refractivity contribution in [1.29, 1.82) is 0 Å². The predicted molar refractivity (Wildman–Crippen MR) is 291 cm³/mol. The summed E-state index contributed by atoms with van der Waals surface area (Å²) in [6.45, 7) is 2.67. The van der Waals surface area contributed by atoms with Crippen molar-refractivity contribution in [2.75, 3.05) is 82.0 Å². The Morgan fingerprint density at radius 2 is 1.35 bits per heavy atom. The highest BCUT2D eigenvalue weighted by molar-refractivity contribution is 6.15. The molecule has 0 aromatic heterocycles. The molecular weight excluding hydrogens is 999 g/mol. The average Bonchev–Trinajstić information content (AvgIpc) is 4.12. The first-order chi connectivity index (χ1) is 38.1. The zero-order chi connectivity index (χ0) is 54.1. The molecule has 10 rings (SSSR count). The second-order valence-electron chi connectivity index (χ2n) is 19.6. The molecule has 0 spiro atoms. The molecule has 0 saturated heterocycles. The second kappa shape index (κ2) is 24.5. The number of benzene rings is 5. The van der Waals surface area contributed by atoms with E-state index in [1.807, 2.05) is 65.7 Å². The van der Waals surface area contributed by atoms with Gasteiger partial charge in [0.25, 0.3) is 23.6 Å². The maximum atomic E-state index is 14.2. The normalized spacial score (nSPS) is 17.1. The molecule has 5 heterocycles. The van der Waals surface area contributed by atoms with Crippen molar-refractivity contribution < 1.29 is 57.2 Å². The summed E-state index contributed by atoms with van der Waals surface area (Å²) >= 11 is 0. The van der Waals surface area contributed by atoms with Crippen molar-refractivity contribution in [2.24, 2.45) is 10.9 Å². The molecule has 0 fully saturated rings. The highest BCUT2D eigenvalue weighted by Gasteiger charge is 2.39. The van der Waals surface area contributed by atoms with Crippen LogP contribution in [-0.2, 0) is 54.8 Å². The van der Waals surface area contributed by atoms with E-state index in [1.54, 1.807) is 30.2 Å². The maximum absolute atomic E-state index is 14.2. The Morgan fingerprint density at radius 1 is 0.718 bits per heavy atom. The van der Waals surface area contributed by atoms with E-state index in [9.17, 15) is 24.0 Å². The standard InChI is InChI=1S/C59H63N7O12/c1-72-51-29-45-47(62-33-43-27-40-8-3-5-11-49(40)65(43)58(45)70)31-53(51)76-35-37-24-38(36-77-54-32-48-46(30-52(54)73-2)59(71)66-44(34-63-48)28-41-9-4-6-12-50(41)66)26-42(25-37)39(16-19-74-20-21-75-22-23-78-60)10-7-13-55(67)61-17-18-64-56(68)14-15-57(64)69/h3-6,8-9,11-12,14-15,24-26,29-33,39,43-44,63H,7,10,13,16-23,27-28,34-36,60H2,1-2H3,(H,61,67)/t39?,43-,44-/m0/s1. The molecule has 1 unspecified atom stereocenters. The third kappa shape index (κ3) is 11.7. The largest absolute Gasteiger partial charge is 0.493 e. The van der Waals surface area contributed by atoms with E-state index >= 15 is 0 Å². The Balaban J connectivity index is 0.908. The number of methoxy groups -OCH3 is 2. The van der Waals surface area contributed by atoms with Crippen LogP contribution >= 0.6 is 0 Å². The molecule has 0 radical (unpaired) electrons. The number of carbonyl (C=O) groups excluding carboxylic acids is 5. The van der Waals surface area contributed by atoms with E-state index in [-0.39, 0.29) is 75.1 Å². The molecule has 19 nitrogen and oxygen atoms in total. The van der Waals surface area contributed by atoms with Crippen LogP contribution in [0.1, 0.15) is 80.1 Å². The number of imide groups is 1. The Kier molecular flexibility index (Phi) is 16.7. The number of anilines is 3. The molecule has 5 amide bonds. The van der Waals surface area contributed by atoms with Gasteiger partial charge in [-0.15, -0.1) is 0 Å². The third-order valence-corrected chi connectivity index (χ3v) is 14.7. The summed E-state index contributed by atoms with van der Waals surface area (Å²) in [5.41, 5.74) is 8.58. The van der Waals surface area contributed by atoms with Crippen LogP contribution < -0.4 is 45.3 Å². The first-order valence-electron chi connectivity index (χ1n) is 26.3. The van der Waals surface area contributed by atoms with Crippen molar-refractivity contribution in [3.05, 3.63) is 142 Å². The van der Waals surface area contributed by atoms with Crippen LogP contribution in [0.3, 0.4) is 0 Å². The molecule has 19 heteroatoms. The van der Waals surface area contributed by atoms with Gasteiger partial charge in [0.05, 0.1) is 75.2 Å². The van der Waals surface area contributed by atoms with Gasteiger partial charge >= 0.3 is 0 Å². The minimum absolute atomic E-state index is 0.0492. The fourth-order valence-electron chi connectivity index (χ4n) is 10.8.